The summed E-state index contributed by atoms with van der Waals surface area (Å²) in [6.45, 7) is 1.99. The van der Waals surface area contributed by atoms with Gasteiger partial charge < -0.3 is 10.6 Å². The molecule has 1 saturated carbocycles. The third kappa shape index (κ3) is 4.20. The summed E-state index contributed by atoms with van der Waals surface area (Å²) in [7, 11) is 2.11. The Labute approximate surface area is 191 Å². The fourth-order valence-electron chi connectivity index (χ4n) is 4.60. The highest BCUT2D eigenvalue weighted by molar-refractivity contribution is 5.98. The van der Waals surface area contributed by atoms with E-state index >= 15 is 0 Å². The van der Waals surface area contributed by atoms with Crippen LogP contribution < -0.4 is 5.73 Å². The minimum Gasteiger partial charge on any atom is -0.383 e. The lowest BCUT2D eigenvalue weighted by atomic mass is 9.92. The summed E-state index contributed by atoms with van der Waals surface area (Å²) in [5.41, 5.74) is 8.15. The van der Waals surface area contributed by atoms with Crippen LogP contribution in [0.4, 0.5) is 10.2 Å². The Hall–Kier alpha value is -3.33. The van der Waals surface area contributed by atoms with Gasteiger partial charge in [0.15, 0.2) is 5.65 Å². The highest BCUT2D eigenvalue weighted by Gasteiger charge is 2.30. The number of benzene rings is 1. The van der Waals surface area contributed by atoms with Crippen LogP contribution in [0, 0.1) is 5.82 Å². The monoisotopic (exact) mass is 449 g/mol. The lowest BCUT2D eigenvalue weighted by Crippen LogP contribution is -2.37. The molecule has 1 saturated heterocycles. The van der Waals surface area contributed by atoms with Gasteiger partial charge in [0.2, 0.25) is 5.91 Å². The van der Waals surface area contributed by atoms with Crippen molar-refractivity contribution < 1.29 is 9.18 Å². The van der Waals surface area contributed by atoms with Crippen molar-refractivity contribution >= 4 is 22.8 Å². The van der Waals surface area contributed by atoms with Crippen molar-refractivity contribution in [2.75, 3.05) is 32.4 Å². The van der Waals surface area contributed by atoms with Crippen molar-refractivity contribution in [3.8, 4) is 11.3 Å². The minimum atomic E-state index is -0.316. The first-order valence-corrected chi connectivity index (χ1v) is 11.4. The number of amides is 1. The molecule has 1 atom stereocenters. The molecule has 8 nitrogen and oxygen atoms in total. The molecule has 172 valence electrons. The van der Waals surface area contributed by atoms with Crippen LogP contribution in [-0.2, 0) is 4.79 Å². The average molecular weight is 450 g/mol. The zero-order valence-corrected chi connectivity index (χ0v) is 18.7. The summed E-state index contributed by atoms with van der Waals surface area (Å²) in [4.78, 5) is 25.5. The van der Waals surface area contributed by atoms with Gasteiger partial charge in [-0.25, -0.2) is 19.0 Å². The third-order valence-corrected chi connectivity index (χ3v) is 6.81. The number of aromatic nitrogens is 4. The Morgan fingerprint density at radius 1 is 1.24 bits per heavy atom. The molecule has 1 amide bonds. The lowest BCUT2D eigenvalue weighted by molar-refractivity contribution is -0.125. The zero-order chi connectivity index (χ0) is 22.9. The van der Waals surface area contributed by atoms with Gasteiger partial charge in [-0.15, -0.1) is 0 Å². The van der Waals surface area contributed by atoms with Crippen LogP contribution in [-0.4, -0.2) is 68.2 Å². The Kier molecular flexibility index (Phi) is 5.80. The third-order valence-electron chi connectivity index (χ3n) is 6.81. The number of nitrogens with two attached hydrogens (primary N) is 1. The van der Waals surface area contributed by atoms with Crippen molar-refractivity contribution in [1.29, 1.82) is 0 Å². The number of likely N-dealkylation sites (tertiary alicyclic amines) is 1. The van der Waals surface area contributed by atoms with Gasteiger partial charge in [-0.3, -0.25) is 9.69 Å². The first-order chi connectivity index (χ1) is 16.0. The lowest BCUT2D eigenvalue weighted by Gasteiger charge is -2.33. The number of fused-ring (bicyclic) bond motifs is 1. The summed E-state index contributed by atoms with van der Waals surface area (Å²) >= 11 is 0. The molecule has 2 aliphatic rings. The van der Waals surface area contributed by atoms with Crippen LogP contribution in [0.1, 0.15) is 31.7 Å². The number of hydrogen-bond acceptors (Lipinski definition) is 6. The van der Waals surface area contributed by atoms with E-state index in [0.717, 1.165) is 18.5 Å². The van der Waals surface area contributed by atoms with Gasteiger partial charge >= 0.3 is 0 Å². The van der Waals surface area contributed by atoms with Gasteiger partial charge in [0, 0.05) is 37.3 Å². The number of rotatable bonds is 6. The summed E-state index contributed by atoms with van der Waals surface area (Å²) in [6, 6.07) is 6.76. The molecule has 3 aromatic rings. The Bertz CT molecular complexity index is 1190. The molecule has 0 unspecified atom stereocenters. The number of nitrogens with zero attached hydrogens (tertiary/aromatic N) is 6. The quantitative estimate of drug-likeness (QED) is 0.582. The number of halogens is 1. The maximum absolute atomic E-state index is 13.4. The van der Waals surface area contributed by atoms with E-state index in [2.05, 4.69) is 21.9 Å². The van der Waals surface area contributed by atoms with E-state index in [-0.39, 0.29) is 17.8 Å². The summed E-state index contributed by atoms with van der Waals surface area (Å²) in [6.07, 6.45) is 9.62. The van der Waals surface area contributed by atoms with E-state index in [9.17, 15) is 9.18 Å². The van der Waals surface area contributed by atoms with E-state index in [1.54, 1.807) is 18.2 Å². The molecule has 33 heavy (non-hydrogen) atoms. The van der Waals surface area contributed by atoms with Gasteiger partial charge in [0.05, 0.1) is 11.4 Å². The van der Waals surface area contributed by atoms with Crippen LogP contribution in [0.25, 0.3) is 22.3 Å². The second-order valence-electron chi connectivity index (χ2n) is 8.91. The first-order valence-electron chi connectivity index (χ1n) is 11.4. The van der Waals surface area contributed by atoms with Crippen molar-refractivity contribution in [3.63, 3.8) is 0 Å². The Morgan fingerprint density at radius 2 is 2.03 bits per heavy atom. The SMILES string of the molecule is CN(CC=CC(=O)N1CC[C@@H](n2nc(-c3ccc(F)cc3)c3c(N)ncnc32)C1)C1CCC1. The largest absolute Gasteiger partial charge is 0.383 e. The molecule has 1 aliphatic carbocycles. The maximum atomic E-state index is 13.4. The molecule has 0 spiro atoms. The number of anilines is 1. The Balaban J connectivity index is 1.34. The molecule has 5 rings (SSSR count). The van der Waals surface area contributed by atoms with Crippen LogP contribution in [0.3, 0.4) is 0 Å². The second-order valence-corrected chi connectivity index (χ2v) is 8.91. The van der Waals surface area contributed by atoms with Crippen molar-refractivity contribution in [3.05, 3.63) is 48.6 Å². The number of nitrogen functional groups attached to an aromatic ring is 1. The number of likely N-dealkylation sites (N-methyl/N-ethyl adjacent to an activating group) is 1. The molecular formula is C24H28FN7O. The van der Waals surface area contributed by atoms with Crippen molar-refractivity contribution in [1.82, 2.24) is 29.5 Å². The fourth-order valence-corrected chi connectivity index (χ4v) is 4.60. The van der Waals surface area contributed by atoms with E-state index in [0.29, 0.717) is 41.7 Å². The van der Waals surface area contributed by atoms with Gasteiger partial charge in [-0.05, 0) is 50.6 Å². The van der Waals surface area contributed by atoms with Crippen LogP contribution in [0.15, 0.2) is 42.7 Å². The molecule has 2 aromatic heterocycles. The average Bonchev–Trinajstić information content (AvgIpc) is 3.39. The molecule has 1 aliphatic heterocycles. The van der Waals surface area contributed by atoms with Gasteiger partial charge in [-0.2, -0.15) is 5.10 Å². The Morgan fingerprint density at radius 3 is 2.76 bits per heavy atom. The van der Waals surface area contributed by atoms with Gasteiger partial charge in [0.25, 0.3) is 0 Å². The number of carbonyl (C=O) groups excluding carboxylic acids is 1. The molecular weight excluding hydrogens is 421 g/mol. The molecule has 1 aromatic carbocycles. The highest BCUT2D eigenvalue weighted by Crippen LogP contribution is 2.34. The zero-order valence-electron chi connectivity index (χ0n) is 18.7. The summed E-state index contributed by atoms with van der Waals surface area (Å²) in [5, 5.41) is 5.44. The predicted molar refractivity (Wildman–Crippen MR) is 125 cm³/mol. The predicted octanol–water partition coefficient (Wildman–Crippen LogP) is 3.03. The fraction of sp³-hybridized carbons (Fsp3) is 0.417. The molecule has 2 N–H and O–H groups in total. The normalized spacial score (nSPS) is 19.1. The van der Waals surface area contributed by atoms with E-state index < -0.39 is 0 Å². The summed E-state index contributed by atoms with van der Waals surface area (Å²) < 4.78 is 15.3. The first kappa shape index (κ1) is 21.5. The molecule has 0 radical (unpaired) electrons. The van der Waals surface area contributed by atoms with E-state index in [1.165, 1.54) is 37.7 Å². The molecule has 0 bridgehead atoms. The molecule has 3 heterocycles. The number of hydrogen-bond donors (Lipinski definition) is 1. The topological polar surface area (TPSA) is 93.2 Å². The highest BCUT2D eigenvalue weighted by atomic mass is 19.1. The van der Waals surface area contributed by atoms with Crippen LogP contribution in [0.2, 0.25) is 0 Å². The molecule has 9 heteroatoms. The summed E-state index contributed by atoms with van der Waals surface area (Å²) in [5.74, 6) is 0.0301. The van der Waals surface area contributed by atoms with Crippen LogP contribution in [0.5, 0.6) is 0 Å². The second kappa shape index (κ2) is 8.90. The van der Waals surface area contributed by atoms with E-state index in [1.807, 2.05) is 15.7 Å². The smallest absolute Gasteiger partial charge is 0.246 e. The minimum absolute atomic E-state index is 0.0175. The standard InChI is InChI=1S/C24H28FN7O/c1-30(18-4-2-5-18)12-3-6-20(33)31-13-11-19(14-31)32-24-21(23(26)27-15-28-24)22(29-32)16-7-9-17(25)10-8-16/h3,6-10,15,18-19H,2,4-5,11-14H2,1H3,(H2,26,27,28)/t19-/m1/s1. The van der Waals surface area contributed by atoms with Gasteiger partial charge in [0.1, 0.15) is 23.7 Å². The molecule has 2 fully saturated rings. The van der Waals surface area contributed by atoms with Crippen LogP contribution >= 0.6 is 0 Å². The van der Waals surface area contributed by atoms with Gasteiger partial charge in [-0.1, -0.05) is 12.5 Å². The van der Waals surface area contributed by atoms with Crippen molar-refractivity contribution in [2.45, 2.75) is 37.8 Å². The maximum Gasteiger partial charge on any atom is 0.246 e. The van der Waals surface area contributed by atoms with E-state index in [4.69, 9.17) is 10.8 Å². The number of carbonyl (C=O) groups is 1. The van der Waals surface area contributed by atoms with Crippen molar-refractivity contribution in [2.24, 2.45) is 0 Å².